The lowest BCUT2D eigenvalue weighted by Crippen LogP contribution is -2.61. The molecule has 3 aliphatic heterocycles. The Morgan fingerprint density at radius 2 is 1.24 bits per heavy atom. The Hall–Kier alpha value is -3.73. The van der Waals surface area contributed by atoms with Gasteiger partial charge in [0.15, 0.2) is 12.1 Å². The summed E-state index contributed by atoms with van der Waals surface area (Å²) in [6.07, 6.45) is 3.70. The van der Waals surface area contributed by atoms with Gasteiger partial charge in [-0.25, -0.2) is 0 Å². The van der Waals surface area contributed by atoms with Crippen molar-refractivity contribution >= 4 is 17.7 Å². The molecule has 0 aliphatic carbocycles. The van der Waals surface area contributed by atoms with Crippen LogP contribution in [0, 0.1) is 17.8 Å². The fraction of sp³-hybridized carbons (Fsp3) is 0.646. The molecule has 18 atom stereocenters. The monoisotopic (exact) mass is 938 g/mol. The summed E-state index contributed by atoms with van der Waals surface area (Å²) in [4.78, 5) is 38.0. The summed E-state index contributed by atoms with van der Waals surface area (Å²) in [5, 5.41) is 107. The summed E-state index contributed by atoms with van der Waals surface area (Å²) in [6.45, 7) is 6.48. The second kappa shape index (κ2) is 28.6. The predicted molar refractivity (Wildman–Crippen MR) is 243 cm³/mol. The van der Waals surface area contributed by atoms with Gasteiger partial charge in [-0.15, -0.1) is 0 Å². The van der Waals surface area contributed by atoms with Gasteiger partial charge in [0.1, 0.15) is 23.9 Å². The third kappa shape index (κ3) is 19.1. The number of esters is 1. The summed E-state index contributed by atoms with van der Waals surface area (Å²) >= 11 is 0. The second-order valence-electron chi connectivity index (χ2n) is 17.3. The Labute approximate surface area is 387 Å². The van der Waals surface area contributed by atoms with Crippen LogP contribution >= 0.6 is 0 Å². The van der Waals surface area contributed by atoms with E-state index in [0.29, 0.717) is 0 Å². The van der Waals surface area contributed by atoms with E-state index in [2.05, 4.69) is 0 Å². The third-order valence-electron chi connectivity index (χ3n) is 11.8. The number of Topliss-reactive ketones (excluding diaryl/α,β-unsaturated/α-hetero) is 1. The van der Waals surface area contributed by atoms with Crippen LogP contribution < -0.4 is 5.73 Å². The van der Waals surface area contributed by atoms with Crippen LogP contribution in [0.5, 0.6) is 0 Å². The SMILES string of the molecule is C.C[C@@H]1OC(=O)C[C@H](O)C[C@H](O)CC[C@@H](O)[C@H](O)C[C@H](O)C[C@]2(O)C[C@H](O)[C@@H](C(=O)O)[C@H](C[C@@H](O[C@@H]3O[C@H](C)[C@@H](O)[C@H](N)[C@@H]3O)/C=C/C=C/C=C/C=C/C=C/C=C/C=C/[C@H](C)C(=O)[C@H]1C)O2. The Morgan fingerprint density at radius 1 is 0.682 bits per heavy atom. The number of hydrogen-bond donors (Lipinski definition) is 11. The number of fused-ring (bicyclic) bond motifs is 2. The number of rotatable bonds is 3. The van der Waals surface area contributed by atoms with Crippen molar-refractivity contribution in [1.29, 1.82) is 0 Å². The summed E-state index contributed by atoms with van der Waals surface area (Å²) in [5.41, 5.74) is 6.01. The van der Waals surface area contributed by atoms with Crippen LogP contribution in [0.15, 0.2) is 85.1 Å². The molecule has 3 aliphatic rings. The maximum Gasteiger partial charge on any atom is 0.311 e. The van der Waals surface area contributed by atoms with Gasteiger partial charge in [-0.1, -0.05) is 106 Å². The van der Waals surface area contributed by atoms with Gasteiger partial charge in [-0.2, -0.15) is 0 Å². The predicted octanol–water partition coefficient (Wildman–Crippen LogP) is 1.56. The molecular weight excluding hydrogens is 863 g/mol. The van der Waals surface area contributed by atoms with Crippen molar-refractivity contribution in [2.45, 2.75) is 178 Å². The van der Waals surface area contributed by atoms with E-state index in [1.807, 2.05) is 0 Å². The number of carboxylic acids is 1. The quantitative estimate of drug-likeness (QED) is 0.179. The number of carbonyl (C=O) groups is 3. The minimum Gasteiger partial charge on any atom is -0.481 e. The van der Waals surface area contributed by atoms with Gasteiger partial charge in [0.05, 0.1) is 79.4 Å². The van der Waals surface area contributed by atoms with E-state index < -0.39 is 147 Å². The minimum absolute atomic E-state index is 0. The van der Waals surface area contributed by atoms with E-state index in [4.69, 9.17) is 24.7 Å². The van der Waals surface area contributed by atoms with E-state index >= 15 is 0 Å². The van der Waals surface area contributed by atoms with Gasteiger partial charge in [-0.05, 0) is 33.1 Å². The van der Waals surface area contributed by atoms with Crippen LogP contribution in [-0.2, 0) is 33.3 Å². The molecule has 2 saturated heterocycles. The number of nitrogens with two attached hydrogens (primary N) is 1. The van der Waals surface area contributed by atoms with Crippen molar-refractivity contribution < 1.29 is 84.4 Å². The molecule has 3 rings (SSSR count). The number of hydrogen-bond acceptors (Lipinski definition) is 17. The van der Waals surface area contributed by atoms with Crippen LogP contribution in [0.25, 0.3) is 0 Å². The first kappa shape index (κ1) is 58.4. The Kier molecular flexibility index (Phi) is 25.3. The van der Waals surface area contributed by atoms with Crippen molar-refractivity contribution in [2.75, 3.05) is 0 Å². The van der Waals surface area contributed by atoms with E-state index in [9.17, 15) is 65.4 Å². The lowest BCUT2D eigenvalue weighted by atomic mass is 9.82. The molecule has 0 spiro atoms. The molecule has 3 heterocycles. The number of allylic oxidation sites excluding steroid dienone is 13. The Bertz CT molecular complexity index is 1710. The van der Waals surface area contributed by atoms with Crippen molar-refractivity contribution in [3.8, 4) is 0 Å². The van der Waals surface area contributed by atoms with Crippen LogP contribution in [0.1, 0.15) is 86.5 Å². The van der Waals surface area contributed by atoms with E-state index in [1.165, 1.54) is 13.0 Å². The molecule has 374 valence electrons. The third-order valence-corrected chi connectivity index (χ3v) is 11.8. The molecule has 0 aromatic carbocycles. The zero-order valence-electron chi connectivity index (χ0n) is 37.5. The van der Waals surface area contributed by atoms with Gasteiger partial charge in [0, 0.05) is 31.6 Å². The summed E-state index contributed by atoms with van der Waals surface area (Å²) in [7, 11) is 0. The van der Waals surface area contributed by atoms with Gasteiger partial charge in [-0.3, -0.25) is 14.4 Å². The molecule has 18 nitrogen and oxygen atoms in total. The minimum atomic E-state index is -2.33. The molecule has 2 bridgehead atoms. The zero-order valence-corrected chi connectivity index (χ0v) is 37.5. The Balaban J connectivity index is 0.0000150. The number of aliphatic carboxylic acids is 1. The highest BCUT2D eigenvalue weighted by atomic mass is 16.7. The highest BCUT2D eigenvalue weighted by molar-refractivity contribution is 5.85. The van der Waals surface area contributed by atoms with Crippen LogP contribution in [-0.4, -0.2) is 160 Å². The molecular formula is C48H75NO17. The molecule has 0 aromatic heterocycles. The molecule has 0 radical (unpaired) electrons. The topological polar surface area (TPSA) is 316 Å². The fourth-order valence-corrected chi connectivity index (χ4v) is 7.83. The largest absolute Gasteiger partial charge is 0.481 e. The van der Waals surface area contributed by atoms with Crippen molar-refractivity contribution in [3.63, 3.8) is 0 Å². The number of carbonyl (C=O) groups excluding carboxylic acids is 2. The number of cyclic esters (lactones) is 1. The van der Waals surface area contributed by atoms with Crippen LogP contribution in [0.4, 0.5) is 0 Å². The van der Waals surface area contributed by atoms with E-state index in [0.717, 1.165) is 0 Å². The molecule has 0 aromatic rings. The number of aliphatic hydroxyl groups excluding tert-OH is 8. The first-order valence-corrected chi connectivity index (χ1v) is 22.2. The standard InChI is InChI=1S/C47H71NO17.CH4/c1-27-17-15-13-11-9-7-5-6-8-10-12-14-16-18-34(64-46-44(58)41(48)43(57)30(4)63-46)24-38-40(45(59)60)37(54)26-47(61,65-38)25-33(51)22-36(53)35(52)20-19-31(49)21-32(50)23-39(55)62-29(3)28(2)42(27)56;/h5-18,27-38,40-41,43-44,46,49-54,57-58,61H,19-26,48H2,1-4H3,(H,59,60);1H4/b6-5+,9-7+,10-8+,13-11+,14-12+,17-15+,18-16+;/t27-,28-,29-,30+,31+,32+,33-,34-,35+,36+,37-,38-,40+,41-,43+,44-,46-,47+;/m0./s1. The van der Waals surface area contributed by atoms with Crippen molar-refractivity contribution in [3.05, 3.63) is 85.1 Å². The molecule has 0 unspecified atom stereocenters. The number of carboxylic acid groups (broad SMARTS) is 1. The summed E-state index contributed by atoms with van der Waals surface area (Å²) in [5.74, 6) is -7.42. The van der Waals surface area contributed by atoms with Gasteiger partial charge < -0.3 is 75.7 Å². The highest BCUT2D eigenvalue weighted by Gasteiger charge is 2.51. The van der Waals surface area contributed by atoms with Crippen molar-refractivity contribution in [2.24, 2.45) is 23.5 Å². The van der Waals surface area contributed by atoms with Crippen LogP contribution in [0.3, 0.4) is 0 Å². The molecule has 66 heavy (non-hydrogen) atoms. The second-order valence-corrected chi connectivity index (χ2v) is 17.3. The lowest BCUT2D eigenvalue weighted by molar-refractivity contribution is -0.308. The smallest absolute Gasteiger partial charge is 0.311 e. The first-order valence-electron chi connectivity index (χ1n) is 22.2. The molecule has 2 fully saturated rings. The normalized spacial score (nSPS) is 43.7. The van der Waals surface area contributed by atoms with E-state index in [1.54, 1.807) is 99.8 Å². The Morgan fingerprint density at radius 3 is 1.82 bits per heavy atom. The van der Waals surface area contributed by atoms with Gasteiger partial charge in [0.2, 0.25) is 0 Å². The summed E-state index contributed by atoms with van der Waals surface area (Å²) < 4.78 is 23.1. The zero-order chi connectivity index (χ0) is 48.4. The maximum absolute atomic E-state index is 13.0. The van der Waals surface area contributed by atoms with E-state index in [-0.39, 0.29) is 38.9 Å². The molecule has 12 N–H and O–H groups in total. The maximum atomic E-state index is 13.0. The molecule has 0 saturated carbocycles. The van der Waals surface area contributed by atoms with Gasteiger partial charge in [0.25, 0.3) is 0 Å². The molecule has 0 amide bonds. The number of ether oxygens (including phenoxy) is 4. The van der Waals surface area contributed by atoms with Gasteiger partial charge >= 0.3 is 11.9 Å². The number of aliphatic hydroxyl groups is 9. The average molecular weight is 938 g/mol. The van der Waals surface area contributed by atoms with Crippen molar-refractivity contribution in [1.82, 2.24) is 0 Å². The lowest BCUT2D eigenvalue weighted by Gasteiger charge is -2.45. The average Bonchev–Trinajstić information content (AvgIpc) is 3.21. The fourth-order valence-electron chi connectivity index (χ4n) is 7.83. The molecule has 18 heteroatoms. The summed E-state index contributed by atoms with van der Waals surface area (Å²) in [6, 6.07) is -1.15. The highest BCUT2D eigenvalue weighted by Crippen LogP contribution is 2.38. The number of ketones is 1. The van der Waals surface area contributed by atoms with Crippen LogP contribution in [0.2, 0.25) is 0 Å². The first-order chi connectivity index (χ1) is 30.6.